The molecule has 4 heterocycles. The summed E-state index contributed by atoms with van der Waals surface area (Å²) in [5.74, 6) is -0.330. The summed E-state index contributed by atoms with van der Waals surface area (Å²) in [6.45, 7) is 7.14. The largest absolute Gasteiger partial charge is 0.455 e. The zero-order chi connectivity index (χ0) is 28.6. The predicted octanol–water partition coefficient (Wildman–Crippen LogP) is 3.38. The highest BCUT2D eigenvalue weighted by Crippen LogP contribution is 2.30. The third kappa shape index (κ3) is 7.67. The van der Waals surface area contributed by atoms with Crippen molar-refractivity contribution in [1.29, 1.82) is 0 Å². The van der Waals surface area contributed by atoms with Crippen molar-refractivity contribution >= 4 is 29.2 Å². The maximum atomic E-state index is 13.6. The summed E-state index contributed by atoms with van der Waals surface area (Å²) in [5, 5.41) is 5.04. The van der Waals surface area contributed by atoms with Gasteiger partial charge in [0.05, 0.1) is 25.2 Å². The van der Waals surface area contributed by atoms with Gasteiger partial charge in [-0.25, -0.2) is 4.99 Å². The maximum Gasteiger partial charge on any atom is 0.288 e. The van der Waals surface area contributed by atoms with Gasteiger partial charge in [0.1, 0.15) is 12.1 Å². The number of unbranched alkanes of at least 4 members (excludes halogenated alkanes) is 1. The lowest BCUT2D eigenvalue weighted by molar-refractivity contribution is -0.144. The highest BCUT2D eigenvalue weighted by Gasteiger charge is 2.40. The fourth-order valence-corrected chi connectivity index (χ4v) is 6.64. The number of thiophene rings is 1. The Kier molecular flexibility index (Phi) is 10.3. The molecular weight excluding hydrogens is 536 g/mol. The van der Waals surface area contributed by atoms with Crippen molar-refractivity contribution in [3.63, 3.8) is 0 Å². The van der Waals surface area contributed by atoms with Crippen LogP contribution in [0, 0.1) is 0 Å². The molecule has 3 N–H and O–H groups in total. The highest BCUT2D eigenvalue weighted by atomic mass is 32.1. The van der Waals surface area contributed by atoms with Crippen LogP contribution >= 0.6 is 11.3 Å². The van der Waals surface area contributed by atoms with Crippen LogP contribution in [0.25, 0.3) is 0 Å². The first kappa shape index (κ1) is 29.5. The Morgan fingerprint density at radius 1 is 1.07 bits per heavy atom. The van der Waals surface area contributed by atoms with E-state index >= 15 is 0 Å². The zero-order valence-electron chi connectivity index (χ0n) is 24.1. The van der Waals surface area contributed by atoms with E-state index in [2.05, 4.69) is 10.2 Å². The summed E-state index contributed by atoms with van der Waals surface area (Å²) in [4.78, 5) is 39.2. The van der Waals surface area contributed by atoms with Crippen molar-refractivity contribution in [2.24, 2.45) is 10.7 Å². The maximum absolute atomic E-state index is 13.6. The Bertz CT molecular complexity index is 1150. The summed E-state index contributed by atoms with van der Waals surface area (Å²) in [6, 6.07) is 13.2. The predicted molar refractivity (Wildman–Crippen MR) is 163 cm³/mol. The molecule has 3 aliphatic rings. The van der Waals surface area contributed by atoms with Gasteiger partial charge in [-0.1, -0.05) is 49.2 Å². The molecule has 0 spiro atoms. The third-order valence-corrected chi connectivity index (χ3v) is 9.25. The number of nitrogens with zero attached hydrogens (tertiary/aromatic N) is 4. The molecule has 5 rings (SSSR count). The SMILES string of the molecule is C[C@@H]1N=C(N2CCN(C(=O)C(N)CCCCN3CCCCC3)C(C(=O)NCc3cccs3)C2)O[C@H]1c1ccccc1. The monoisotopic (exact) mass is 580 g/mol. The van der Waals surface area contributed by atoms with Crippen LogP contribution in [0.1, 0.15) is 62.0 Å². The molecule has 4 atom stereocenters. The highest BCUT2D eigenvalue weighted by molar-refractivity contribution is 7.09. The Morgan fingerprint density at radius 2 is 1.88 bits per heavy atom. The molecule has 0 radical (unpaired) electrons. The number of ether oxygens (including phenoxy) is 1. The van der Waals surface area contributed by atoms with E-state index < -0.39 is 12.1 Å². The molecule has 9 nitrogen and oxygen atoms in total. The average Bonchev–Trinajstić information content (AvgIpc) is 3.68. The van der Waals surface area contributed by atoms with E-state index in [0.717, 1.165) is 29.8 Å². The lowest BCUT2D eigenvalue weighted by Gasteiger charge is -2.41. The second-order valence-electron chi connectivity index (χ2n) is 11.4. The van der Waals surface area contributed by atoms with Crippen molar-refractivity contribution in [3.05, 3.63) is 58.3 Å². The molecule has 1 aromatic carbocycles. The van der Waals surface area contributed by atoms with Crippen molar-refractivity contribution in [2.75, 3.05) is 39.3 Å². The number of amides is 2. The normalized spacial score (nSPS) is 24.0. The van der Waals surface area contributed by atoms with Gasteiger partial charge in [0, 0.05) is 18.0 Å². The van der Waals surface area contributed by atoms with Gasteiger partial charge >= 0.3 is 0 Å². The minimum Gasteiger partial charge on any atom is -0.455 e. The minimum atomic E-state index is -0.673. The Morgan fingerprint density at radius 3 is 2.63 bits per heavy atom. The van der Waals surface area contributed by atoms with E-state index in [0.29, 0.717) is 38.6 Å². The van der Waals surface area contributed by atoms with Gasteiger partial charge in [-0.15, -0.1) is 11.3 Å². The number of rotatable bonds is 10. The molecule has 0 aliphatic carbocycles. The Balaban J connectivity index is 1.20. The van der Waals surface area contributed by atoms with E-state index in [-0.39, 0.29) is 24.0 Å². The molecule has 0 saturated carbocycles. The Hall–Kier alpha value is -2.95. The molecule has 2 aromatic rings. The van der Waals surface area contributed by atoms with Crippen LogP contribution < -0.4 is 11.1 Å². The summed E-state index contributed by atoms with van der Waals surface area (Å²) in [5.41, 5.74) is 7.51. The van der Waals surface area contributed by atoms with E-state index in [4.69, 9.17) is 15.5 Å². The lowest BCUT2D eigenvalue weighted by atomic mass is 10.0. The van der Waals surface area contributed by atoms with E-state index in [1.165, 1.54) is 32.4 Å². The van der Waals surface area contributed by atoms with Gasteiger partial charge in [-0.2, -0.15) is 0 Å². The number of likely N-dealkylation sites (tertiary alicyclic amines) is 1. The van der Waals surface area contributed by atoms with Gasteiger partial charge in [0.15, 0.2) is 0 Å². The molecule has 2 unspecified atom stereocenters. The van der Waals surface area contributed by atoms with Crippen molar-refractivity contribution < 1.29 is 14.3 Å². The van der Waals surface area contributed by atoms with Crippen LogP contribution in [-0.2, 0) is 20.9 Å². The van der Waals surface area contributed by atoms with Crippen LogP contribution in [0.3, 0.4) is 0 Å². The lowest BCUT2D eigenvalue weighted by Crippen LogP contribution is -2.63. The molecule has 3 aliphatic heterocycles. The van der Waals surface area contributed by atoms with E-state index in [9.17, 15) is 9.59 Å². The molecule has 1 aromatic heterocycles. The van der Waals surface area contributed by atoms with E-state index in [1.54, 1.807) is 16.2 Å². The molecule has 2 amide bonds. The second-order valence-corrected chi connectivity index (χ2v) is 12.4. The zero-order valence-corrected chi connectivity index (χ0v) is 24.9. The molecule has 0 bridgehead atoms. The number of nitrogens with one attached hydrogen (secondary N) is 1. The van der Waals surface area contributed by atoms with Gasteiger partial charge < -0.3 is 30.5 Å². The minimum absolute atomic E-state index is 0.0449. The number of piperidine rings is 1. The second kappa shape index (κ2) is 14.3. The summed E-state index contributed by atoms with van der Waals surface area (Å²) in [7, 11) is 0. The van der Waals surface area contributed by atoms with Crippen LogP contribution in [0.2, 0.25) is 0 Å². The average molecular weight is 581 g/mol. The number of benzene rings is 1. The van der Waals surface area contributed by atoms with Crippen molar-refractivity contribution in [3.8, 4) is 0 Å². The van der Waals surface area contributed by atoms with Crippen molar-refractivity contribution in [1.82, 2.24) is 20.0 Å². The standard InChI is InChI=1S/C31H44N6O3S/c1-23-28(24-11-4-2-5-12-24)40-31(34-23)36-18-19-37(27(22-36)29(38)33-21-25-13-10-20-41-25)30(39)26(32)14-6-9-17-35-15-7-3-8-16-35/h2,4-5,10-13,20,23,26-28H,3,6-9,14-19,21-22,32H2,1H3,(H,33,38)/t23-,26?,27?,28+/m0/s1. The number of amidine groups is 1. The van der Waals surface area contributed by atoms with Gasteiger partial charge in [-0.05, 0) is 69.3 Å². The quantitative estimate of drug-likeness (QED) is 0.418. The van der Waals surface area contributed by atoms with Gasteiger partial charge in [0.25, 0.3) is 6.02 Å². The van der Waals surface area contributed by atoms with Crippen LogP contribution in [0.5, 0.6) is 0 Å². The van der Waals surface area contributed by atoms with Crippen molar-refractivity contribution in [2.45, 2.75) is 76.2 Å². The number of hydrogen-bond acceptors (Lipinski definition) is 8. The first-order chi connectivity index (χ1) is 20.0. The third-order valence-electron chi connectivity index (χ3n) is 8.37. The Labute approximate surface area is 247 Å². The number of piperazine rings is 1. The fraction of sp³-hybridized carbons (Fsp3) is 0.581. The first-order valence-corrected chi connectivity index (χ1v) is 16.0. The number of hydrogen-bond donors (Lipinski definition) is 2. The van der Waals surface area contributed by atoms with Gasteiger partial charge in [-0.3, -0.25) is 9.59 Å². The molecule has 41 heavy (non-hydrogen) atoms. The number of nitrogens with two attached hydrogens (primary N) is 1. The van der Waals surface area contributed by atoms with Crippen LogP contribution in [0.4, 0.5) is 0 Å². The summed E-state index contributed by atoms with van der Waals surface area (Å²) < 4.78 is 6.32. The summed E-state index contributed by atoms with van der Waals surface area (Å²) >= 11 is 1.60. The smallest absolute Gasteiger partial charge is 0.288 e. The molecular formula is C31H44N6O3S. The molecule has 2 saturated heterocycles. The van der Waals surface area contributed by atoms with Crippen LogP contribution in [-0.4, -0.2) is 89.9 Å². The van der Waals surface area contributed by atoms with Gasteiger partial charge in [0.2, 0.25) is 11.8 Å². The molecule has 222 valence electrons. The topological polar surface area (TPSA) is 103 Å². The summed E-state index contributed by atoms with van der Waals surface area (Å²) in [6.07, 6.45) is 6.29. The van der Waals surface area contributed by atoms with Crippen LogP contribution in [0.15, 0.2) is 52.8 Å². The van der Waals surface area contributed by atoms with E-state index in [1.807, 2.05) is 59.7 Å². The number of carbonyl (C=O) groups is 2. The number of aliphatic imine (C=N–C) groups is 1. The molecule has 2 fully saturated rings. The fourth-order valence-electron chi connectivity index (χ4n) is 6.00. The number of carbonyl (C=O) groups excluding carboxylic acids is 2. The molecule has 10 heteroatoms. The first-order valence-electron chi connectivity index (χ1n) is 15.1.